The maximum absolute atomic E-state index is 11.4. The molecule has 88 valence electrons. The Balaban J connectivity index is 2.87. The van der Waals surface area contributed by atoms with E-state index in [0.29, 0.717) is 6.42 Å². The predicted octanol–water partition coefficient (Wildman–Crippen LogP) is 1.61. The van der Waals surface area contributed by atoms with Gasteiger partial charge in [-0.3, -0.25) is 0 Å². The molecule has 0 spiro atoms. The first-order valence-electron chi connectivity index (χ1n) is 5.07. The van der Waals surface area contributed by atoms with Crippen LogP contribution in [0.25, 0.3) is 0 Å². The average molecular weight is 226 g/mol. The second-order valence-corrected chi connectivity index (χ2v) is 3.39. The van der Waals surface area contributed by atoms with Gasteiger partial charge < -0.3 is 14.3 Å². The van der Waals surface area contributed by atoms with Crippen LogP contribution in [0.5, 0.6) is 5.75 Å². The van der Waals surface area contributed by atoms with Crippen molar-refractivity contribution >= 4 is 5.97 Å². The molecule has 1 aromatic heterocycles. The van der Waals surface area contributed by atoms with Gasteiger partial charge in [0.2, 0.25) is 0 Å². The zero-order valence-corrected chi connectivity index (χ0v) is 9.28. The van der Waals surface area contributed by atoms with E-state index in [9.17, 15) is 14.7 Å². The summed E-state index contributed by atoms with van der Waals surface area (Å²) >= 11 is 0. The lowest BCUT2D eigenvalue weighted by molar-refractivity contribution is 0.0490. The fourth-order valence-corrected chi connectivity index (χ4v) is 1.17. The van der Waals surface area contributed by atoms with Crippen LogP contribution >= 0.6 is 0 Å². The van der Waals surface area contributed by atoms with Crippen molar-refractivity contribution < 1.29 is 19.1 Å². The first-order chi connectivity index (χ1) is 7.56. The minimum Gasteiger partial charge on any atom is -0.507 e. The lowest BCUT2D eigenvalue weighted by Crippen LogP contribution is -2.17. The topological polar surface area (TPSA) is 76.7 Å². The van der Waals surface area contributed by atoms with E-state index in [1.165, 1.54) is 13.0 Å². The third-order valence-corrected chi connectivity index (χ3v) is 1.99. The highest BCUT2D eigenvalue weighted by molar-refractivity contribution is 5.91. The molecule has 0 aliphatic rings. The van der Waals surface area contributed by atoms with Crippen molar-refractivity contribution in [1.82, 2.24) is 0 Å². The predicted molar refractivity (Wildman–Crippen MR) is 56.6 cm³/mol. The molecule has 0 radical (unpaired) electrons. The van der Waals surface area contributed by atoms with E-state index >= 15 is 0 Å². The Labute approximate surface area is 92.7 Å². The molecule has 0 saturated carbocycles. The molecule has 0 bridgehead atoms. The monoisotopic (exact) mass is 226 g/mol. The van der Waals surface area contributed by atoms with E-state index in [1.54, 1.807) is 0 Å². The summed E-state index contributed by atoms with van der Waals surface area (Å²) < 4.78 is 9.51. The Bertz CT molecular complexity index is 432. The number of unbranched alkanes of at least 4 members (excludes halogenated alkanes) is 1. The van der Waals surface area contributed by atoms with Crippen LogP contribution in [0.3, 0.4) is 0 Å². The Morgan fingerprint density at radius 1 is 1.56 bits per heavy atom. The molecule has 0 aliphatic carbocycles. The molecule has 0 amide bonds. The summed E-state index contributed by atoms with van der Waals surface area (Å²) in [7, 11) is 0. The van der Waals surface area contributed by atoms with E-state index in [1.807, 2.05) is 6.92 Å². The fourth-order valence-electron chi connectivity index (χ4n) is 1.17. The molecule has 16 heavy (non-hydrogen) atoms. The summed E-state index contributed by atoms with van der Waals surface area (Å²) in [6.07, 6.45) is 1.59. The van der Waals surface area contributed by atoms with Crippen LogP contribution in [0.2, 0.25) is 0 Å². The van der Waals surface area contributed by atoms with Gasteiger partial charge in [0.25, 0.3) is 0 Å². The summed E-state index contributed by atoms with van der Waals surface area (Å²) in [6.45, 7) is 3.68. The number of hydrogen-bond acceptors (Lipinski definition) is 5. The van der Waals surface area contributed by atoms with Crippen molar-refractivity contribution in [3.63, 3.8) is 0 Å². The molecule has 1 rings (SSSR count). The number of aromatic hydroxyl groups is 1. The first kappa shape index (κ1) is 12.3. The highest BCUT2D eigenvalue weighted by Gasteiger charge is 2.19. The normalized spacial score (nSPS) is 10.1. The number of ether oxygens (including phenoxy) is 1. The van der Waals surface area contributed by atoms with Gasteiger partial charge >= 0.3 is 11.6 Å². The fraction of sp³-hybridized carbons (Fsp3) is 0.455. The van der Waals surface area contributed by atoms with Crippen LogP contribution in [0.1, 0.15) is 35.9 Å². The number of aryl methyl sites for hydroxylation is 1. The van der Waals surface area contributed by atoms with Gasteiger partial charge in [-0.1, -0.05) is 13.3 Å². The molecule has 5 nitrogen and oxygen atoms in total. The molecule has 0 aromatic carbocycles. The summed E-state index contributed by atoms with van der Waals surface area (Å²) in [4.78, 5) is 22.7. The van der Waals surface area contributed by atoms with Gasteiger partial charge in [-0.25, -0.2) is 9.59 Å². The Kier molecular flexibility index (Phi) is 4.10. The average Bonchev–Trinajstić information content (AvgIpc) is 2.16. The Morgan fingerprint density at radius 3 is 2.81 bits per heavy atom. The van der Waals surface area contributed by atoms with Gasteiger partial charge in [-0.05, 0) is 13.3 Å². The highest BCUT2D eigenvalue weighted by atomic mass is 16.5. The molecule has 0 saturated heterocycles. The standard InChI is InChI=1S/C11H14O5/c1-3-4-5-15-10(13)9-8(12)6-7(2)16-11(9)14/h6,12H,3-5H2,1-2H3. The summed E-state index contributed by atoms with van der Waals surface area (Å²) in [5.41, 5.74) is -1.32. The van der Waals surface area contributed by atoms with Crippen molar-refractivity contribution in [3.8, 4) is 5.75 Å². The van der Waals surface area contributed by atoms with Crippen LogP contribution in [0.15, 0.2) is 15.3 Å². The first-order valence-corrected chi connectivity index (χ1v) is 5.07. The van der Waals surface area contributed by atoms with Crippen molar-refractivity contribution in [3.05, 3.63) is 27.8 Å². The van der Waals surface area contributed by atoms with E-state index < -0.39 is 22.9 Å². The number of rotatable bonds is 4. The summed E-state index contributed by atoms with van der Waals surface area (Å²) in [5.74, 6) is -1.01. The van der Waals surface area contributed by atoms with Crippen LogP contribution in [0.4, 0.5) is 0 Å². The van der Waals surface area contributed by atoms with Gasteiger partial charge in [0.15, 0.2) is 5.56 Å². The number of esters is 1. The van der Waals surface area contributed by atoms with Crippen LogP contribution in [-0.2, 0) is 4.74 Å². The molecule has 0 aliphatic heterocycles. The van der Waals surface area contributed by atoms with E-state index in [4.69, 9.17) is 9.15 Å². The molecular formula is C11H14O5. The number of hydrogen-bond donors (Lipinski definition) is 1. The van der Waals surface area contributed by atoms with E-state index in [0.717, 1.165) is 6.42 Å². The molecule has 0 unspecified atom stereocenters. The van der Waals surface area contributed by atoms with E-state index in [2.05, 4.69) is 0 Å². The highest BCUT2D eigenvalue weighted by Crippen LogP contribution is 2.15. The minimum absolute atomic E-state index is 0.224. The molecular weight excluding hydrogens is 212 g/mol. The third-order valence-electron chi connectivity index (χ3n) is 1.99. The quantitative estimate of drug-likeness (QED) is 0.623. The number of carbonyl (C=O) groups excluding carboxylic acids is 1. The zero-order valence-electron chi connectivity index (χ0n) is 9.28. The molecule has 5 heteroatoms. The number of carbonyl (C=O) groups is 1. The van der Waals surface area contributed by atoms with Crippen molar-refractivity contribution in [1.29, 1.82) is 0 Å². The van der Waals surface area contributed by atoms with Gasteiger partial charge in [0.1, 0.15) is 11.5 Å². The maximum atomic E-state index is 11.4. The molecule has 0 atom stereocenters. The second kappa shape index (κ2) is 5.34. The molecule has 1 N–H and O–H groups in total. The third kappa shape index (κ3) is 2.85. The minimum atomic E-state index is -0.876. The lowest BCUT2D eigenvalue weighted by Gasteiger charge is -2.04. The van der Waals surface area contributed by atoms with Gasteiger partial charge in [0, 0.05) is 6.07 Å². The zero-order chi connectivity index (χ0) is 12.1. The van der Waals surface area contributed by atoms with Crippen molar-refractivity contribution in [2.75, 3.05) is 6.61 Å². The van der Waals surface area contributed by atoms with Gasteiger partial charge in [-0.2, -0.15) is 0 Å². The van der Waals surface area contributed by atoms with Crippen LogP contribution < -0.4 is 5.63 Å². The molecule has 0 fully saturated rings. The van der Waals surface area contributed by atoms with E-state index in [-0.39, 0.29) is 12.4 Å². The summed E-state index contributed by atoms with van der Waals surface area (Å²) in [5, 5.41) is 9.44. The smallest absolute Gasteiger partial charge is 0.354 e. The molecule has 1 aromatic rings. The van der Waals surface area contributed by atoms with Crippen LogP contribution in [-0.4, -0.2) is 17.7 Å². The maximum Gasteiger partial charge on any atom is 0.354 e. The lowest BCUT2D eigenvalue weighted by atomic mass is 10.2. The Hall–Kier alpha value is -1.78. The molecule has 1 heterocycles. The largest absolute Gasteiger partial charge is 0.507 e. The van der Waals surface area contributed by atoms with Crippen LogP contribution in [0, 0.1) is 6.92 Å². The van der Waals surface area contributed by atoms with Crippen molar-refractivity contribution in [2.45, 2.75) is 26.7 Å². The van der Waals surface area contributed by atoms with Gasteiger partial charge in [0.05, 0.1) is 6.61 Å². The Morgan fingerprint density at radius 2 is 2.25 bits per heavy atom. The second-order valence-electron chi connectivity index (χ2n) is 3.39. The SMILES string of the molecule is CCCCOC(=O)c1c(O)cc(C)oc1=O. The van der Waals surface area contributed by atoms with Crippen molar-refractivity contribution in [2.24, 2.45) is 0 Å². The van der Waals surface area contributed by atoms with Gasteiger partial charge in [-0.15, -0.1) is 0 Å². The summed E-state index contributed by atoms with van der Waals surface area (Å²) in [6, 6.07) is 1.21.